The van der Waals surface area contributed by atoms with E-state index in [1.807, 2.05) is 13.8 Å². The molecule has 0 aromatic rings. The van der Waals surface area contributed by atoms with Crippen LogP contribution in [-0.2, 0) is 20.8 Å². The van der Waals surface area contributed by atoms with Crippen LogP contribution >= 0.6 is 0 Å². The second-order valence-corrected chi connectivity index (χ2v) is 5.38. The molecule has 0 aliphatic carbocycles. The van der Waals surface area contributed by atoms with Gasteiger partial charge in [0.05, 0.1) is 6.61 Å². The van der Waals surface area contributed by atoms with Crippen molar-refractivity contribution < 1.29 is 18.3 Å². The summed E-state index contributed by atoms with van der Waals surface area (Å²) in [5.41, 5.74) is 0. The van der Waals surface area contributed by atoms with Gasteiger partial charge in [-0.25, -0.2) is 4.21 Å². The summed E-state index contributed by atoms with van der Waals surface area (Å²) in [4.78, 5) is 11.8. The van der Waals surface area contributed by atoms with Gasteiger partial charge in [0, 0.05) is 7.05 Å². The fourth-order valence-corrected chi connectivity index (χ4v) is 2.07. The second kappa shape index (κ2) is 8.60. The molecule has 0 aromatic carbocycles. The van der Waals surface area contributed by atoms with Gasteiger partial charge in [0.25, 0.3) is 0 Å². The molecule has 0 radical (unpaired) electrons. The molecule has 0 fully saturated rings. The maximum atomic E-state index is 11.8. The van der Waals surface area contributed by atoms with Crippen LogP contribution in [0.1, 0.15) is 40.0 Å². The zero-order chi connectivity index (χ0) is 13.4. The quantitative estimate of drug-likeness (QED) is 0.413. The minimum atomic E-state index is -2.16. The van der Waals surface area contributed by atoms with E-state index < -0.39 is 23.3 Å². The van der Waals surface area contributed by atoms with Crippen LogP contribution in [-0.4, -0.2) is 38.7 Å². The molecule has 17 heavy (non-hydrogen) atoms. The number of unbranched alkanes of at least 4 members (excludes halogenated alkanes) is 2. The molecule has 2 atom stereocenters. The SMILES string of the molecule is CCCCCOC(=O)C(C(C)C)N(C)S(=O)O. The predicted molar refractivity (Wildman–Crippen MR) is 67.6 cm³/mol. The molecule has 0 amide bonds. The second-order valence-electron chi connectivity index (χ2n) is 4.34. The first-order chi connectivity index (χ1) is 7.91. The number of hydrogen-bond donors (Lipinski definition) is 1. The van der Waals surface area contributed by atoms with Gasteiger partial charge in [0.2, 0.25) is 11.3 Å². The van der Waals surface area contributed by atoms with Gasteiger partial charge in [-0.1, -0.05) is 33.6 Å². The number of carbonyl (C=O) groups excluding carboxylic acids is 1. The monoisotopic (exact) mass is 265 g/mol. The molecule has 0 spiro atoms. The molecule has 102 valence electrons. The third kappa shape index (κ3) is 6.14. The van der Waals surface area contributed by atoms with E-state index in [0.29, 0.717) is 6.61 Å². The van der Waals surface area contributed by atoms with Crippen molar-refractivity contribution in [1.29, 1.82) is 0 Å². The van der Waals surface area contributed by atoms with E-state index in [4.69, 9.17) is 9.29 Å². The first-order valence-electron chi connectivity index (χ1n) is 5.92. The lowest BCUT2D eigenvalue weighted by Gasteiger charge is -2.25. The molecule has 1 N–H and O–H groups in total. The highest BCUT2D eigenvalue weighted by molar-refractivity contribution is 7.76. The number of esters is 1. The Morgan fingerprint density at radius 2 is 2.00 bits per heavy atom. The molecular weight excluding hydrogens is 242 g/mol. The summed E-state index contributed by atoms with van der Waals surface area (Å²) in [5.74, 6) is -0.504. The van der Waals surface area contributed by atoms with Crippen molar-refractivity contribution in [1.82, 2.24) is 4.31 Å². The number of carbonyl (C=O) groups is 1. The summed E-state index contributed by atoms with van der Waals surface area (Å²) in [7, 11) is 1.44. The topological polar surface area (TPSA) is 66.8 Å². The van der Waals surface area contributed by atoms with E-state index in [2.05, 4.69) is 6.92 Å². The summed E-state index contributed by atoms with van der Waals surface area (Å²) in [5, 5.41) is 0. The molecule has 0 saturated carbocycles. The third-order valence-electron chi connectivity index (χ3n) is 2.50. The van der Waals surface area contributed by atoms with Crippen molar-refractivity contribution in [3.63, 3.8) is 0 Å². The minimum absolute atomic E-state index is 0.0743. The van der Waals surface area contributed by atoms with Crippen molar-refractivity contribution >= 4 is 17.2 Å². The molecule has 0 aliphatic rings. The van der Waals surface area contributed by atoms with E-state index in [-0.39, 0.29) is 5.92 Å². The Morgan fingerprint density at radius 3 is 2.41 bits per heavy atom. The molecule has 0 bridgehead atoms. The highest BCUT2D eigenvalue weighted by Crippen LogP contribution is 2.12. The van der Waals surface area contributed by atoms with Gasteiger partial charge in [0.15, 0.2) is 0 Å². The Morgan fingerprint density at radius 1 is 1.41 bits per heavy atom. The van der Waals surface area contributed by atoms with Gasteiger partial charge in [0.1, 0.15) is 6.04 Å². The van der Waals surface area contributed by atoms with Crippen molar-refractivity contribution in [2.45, 2.75) is 46.1 Å². The lowest BCUT2D eigenvalue weighted by molar-refractivity contribution is -0.149. The van der Waals surface area contributed by atoms with E-state index >= 15 is 0 Å². The van der Waals surface area contributed by atoms with Crippen LogP contribution in [0.25, 0.3) is 0 Å². The normalized spacial score (nSPS) is 15.0. The van der Waals surface area contributed by atoms with Gasteiger partial charge < -0.3 is 4.74 Å². The molecule has 6 heteroatoms. The Bertz CT molecular complexity index is 258. The molecule has 0 heterocycles. The van der Waals surface area contributed by atoms with Crippen molar-refractivity contribution in [3.05, 3.63) is 0 Å². The molecule has 2 unspecified atom stereocenters. The molecule has 5 nitrogen and oxygen atoms in total. The van der Waals surface area contributed by atoms with E-state index in [9.17, 15) is 9.00 Å². The van der Waals surface area contributed by atoms with Crippen molar-refractivity contribution in [2.75, 3.05) is 13.7 Å². The Kier molecular flexibility index (Phi) is 8.37. The van der Waals surface area contributed by atoms with Gasteiger partial charge in [-0.2, -0.15) is 4.31 Å². The molecule has 0 rings (SSSR count). The molecule has 0 aliphatic heterocycles. The van der Waals surface area contributed by atoms with E-state index in [1.54, 1.807) is 0 Å². The van der Waals surface area contributed by atoms with E-state index in [0.717, 1.165) is 23.6 Å². The first kappa shape index (κ1) is 16.5. The smallest absolute Gasteiger partial charge is 0.324 e. The number of nitrogens with zero attached hydrogens (tertiary/aromatic N) is 1. The summed E-state index contributed by atoms with van der Waals surface area (Å²) in [6, 6.07) is -0.678. The van der Waals surface area contributed by atoms with Crippen molar-refractivity contribution in [3.8, 4) is 0 Å². The van der Waals surface area contributed by atoms with Crippen molar-refractivity contribution in [2.24, 2.45) is 5.92 Å². The maximum Gasteiger partial charge on any atom is 0.324 e. The number of ether oxygens (including phenoxy) is 1. The van der Waals surface area contributed by atoms with Crippen LogP contribution in [0.2, 0.25) is 0 Å². The lowest BCUT2D eigenvalue weighted by Crippen LogP contribution is -2.44. The van der Waals surface area contributed by atoms with E-state index in [1.165, 1.54) is 7.05 Å². The van der Waals surface area contributed by atoms with Gasteiger partial charge in [-0.15, -0.1) is 0 Å². The Balaban J connectivity index is 4.31. The Labute approximate surface area is 106 Å². The largest absolute Gasteiger partial charge is 0.464 e. The summed E-state index contributed by atoms with van der Waals surface area (Å²) < 4.78 is 26.2. The zero-order valence-corrected chi connectivity index (χ0v) is 11.8. The number of hydrogen-bond acceptors (Lipinski definition) is 3. The van der Waals surface area contributed by atoms with Crippen LogP contribution < -0.4 is 0 Å². The molecule has 0 aromatic heterocycles. The number of rotatable bonds is 8. The first-order valence-corrected chi connectivity index (χ1v) is 6.98. The van der Waals surface area contributed by atoms with Gasteiger partial charge >= 0.3 is 5.97 Å². The minimum Gasteiger partial charge on any atom is -0.464 e. The highest BCUT2D eigenvalue weighted by Gasteiger charge is 2.30. The van der Waals surface area contributed by atoms with Crippen LogP contribution in [0.5, 0.6) is 0 Å². The fraction of sp³-hybridized carbons (Fsp3) is 0.909. The average molecular weight is 265 g/mol. The van der Waals surface area contributed by atoms with Crippen LogP contribution in [0.4, 0.5) is 0 Å². The predicted octanol–water partition coefficient (Wildman–Crippen LogP) is 1.81. The Hall–Kier alpha value is -0.460. The van der Waals surface area contributed by atoms with Crippen LogP contribution in [0, 0.1) is 5.92 Å². The summed E-state index contributed by atoms with van der Waals surface area (Å²) in [6.45, 7) is 6.09. The lowest BCUT2D eigenvalue weighted by atomic mass is 10.1. The van der Waals surface area contributed by atoms with Crippen LogP contribution in [0.3, 0.4) is 0 Å². The van der Waals surface area contributed by atoms with Gasteiger partial charge in [-0.3, -0.25) is 9.35 Å². The fourth-order valence-electron chi connectivity index (χ4n) is 1.55. The molecular formula is C11H23NO4S. The average Bonchev–Trinajstić information content (AvgIpc) is 2.23. The van der Waals surface area contributed by atoms with Gasteiger partial charge in [-0.05, 0) is 12.3 Å². The molecule has 0 saturated heterocycles. The summed E-state index contributed by atoms with van der Waals surface area (Å²) >= 11 is -2.16. The van der Waals surface area contributed by atoms with Crippen LogP contribution in [0.15, 0.2) is 0 Å². The maximum absolute atomic E-state index is 11.8. The third-order valence-corrected chi connectivity index (χ3v) is 3.22. The highest BCUT2D eigenvalue weighted by atomic mass is 32.2. The standard InChI is InChI=1S/C11H23NO4S/c1-5-6-7-8-16-11(13)10(9(2)3)12(4)17(14)15/h9-10H,5-8H2,1-4H3,(H,14,15). The number of likely N-dealkylation sites (N-methyl/N-ethyl adjacent to an activating group) is 1. The zero-order valence-electron chi connectivity index (χ0n) is 11.0. The summed E-state index contributed by atoms with van der Waals surface area (Å²) in [6.07, 6.45) is 2.91.